The summed E-state index contributed by atoms with van der Waals surface area (Å²) in [7, 11) is 0. The van der Waals surface area contributed by atoms with Crippen molar-refractivity contribution in [3.63, 3.8) is 0 Å². The fourth-order valence-electron chi connectivity index (χ4n) is 4.56. The van der Waals surface area contributed by atoms with Crippen molar-refractivity contribution in [2.75, 3.05) is 18.0 Å². The molecule has 4 rings (SSSR count). The van der Waals surface area contributed by atoms with Crippen LogP contribution in [0.4, 0.5) is 5.69 Å². The normalized spacial score (nSPS) is 16.2. The molecule has 1 fully saturated rings. The molecule has 1 aliphatic rings. The summed E-state index contributed by atoms with van der Waals surface area (Å²) in [5.74, 6) is 0.0628. The Balaban J connectivity index is 1.65. The van der Waals surface area contributed by atoms with Gasteiger partial charge in [-0.1, -0.05) is 41.6 Å². The molecule has 0 spiro atoms. The van der Waals surface area contributed by atoms with Gasteiger partial charge < -0.3 is 15.2 Å². The van der Waals surface area contributed by atoms with Crippen LogP contribution in [0.2, 0.25) is 0 Å². The number of aliphatic hydroxyl groups is 1. The molecule has 166 valence electrons. The Bertz CT molecular complexity index is 1070. The maximum Gasteiger partial charge on any atom is 0.0878 e. The molecule has 2 heterocycles. The Hall–Kier alpha value is -3.18. The number of benzene rings is 2. The van der Waals surface area contributed by atoms with E-state index in [0.717, 1.165) is 37.2 Å². The van der Waals surface area contributed by atoms with Gasteiger partial charge >= 0.3 is 0 Å². The Morgan fingerprint density at radius 3 is 2.44 bits per heavy atom. The van der Waals surface area contributed by atoms with Crippen LogP contribution in [0.1, 0.15) is 53.1 Å². The molecule has 5 nitrogen and oxygen atoms in total. The maximum atomic E-state index is 9.86. The van der Waals surface area contributed by atoms with E-state index in [0.29, 0.717) is 12.1 Å². The van der Waals surface area contributed by atoms with E-state index in [1.54, 1.807) is 6.20 Å². The number of hydrogen-bond donors (Lipinski definition) is 2. The second kappa shape index (κ2) is 9.96. The van der Waals surface area contributed by atoms with Crippen molar-refractivity contribution in [3.05, 3.63) is 94.8 Å². The summed E-state index contributed by atoms with van der Waals surface area (Å²) in [5.41, 5.74) is 7.26. The first-order valence-electron chi connectivity index (χ1n) is 11.3. The second-order valence-corrected chi connectivity index (χ2v) is 8.66. The molecule has 0 amide bonds. The maximum absolute atomic E-state index is 9.86. The highest BCUT2D eigenvalue weighted by atomic mass is 16.4. The van der Waals surface area contributed by atoms with Crippen molar-refractivity contribution in [1.29, 1.82) is 0 Å². The van der Waals surface area contributed by atoms with E-state index in [4.69, 9.17) is 0 Å². The lowest BCUT2D eigenvalue weighted by molar-refractivity contribution is 0.145. The van der Waals surface area contributed by atoms with Crippen LogP contribution in [0.3, 0.4) is 0 Å². The van der Waals surface area contributed by atoms with Crippen LogP contribution in [0, 0.1) is 13.8 Å². The summed E-state index contributed by atoms with van der Waals surface area (Å²) in [6, 6.07) is 21.0. The van der Waals surface area contributed by atoms with E-state index in [2.05, 4.69) is 70.5 Å². The average molecular weight is 430 g/mol. The lowest BCUT2D eigenvalue weighted by atomic mass is 9.83. The van der Waals surface area contributed by atoms with Crippen molar-refractivity contribution >= 4 is 11.4 Å². The molecular weight excluding hydrogens is 398 g/mol. The number of aryl methyl sites for hydroxylation is 2. The summed E-state index contributed by atoms with van der Waals surface area (Å²) in [4.78, 5) is 6.60. The largest absolute Gasteiger partial charge is 0.411 e. The smallest absolute Gasteiger partial charge is 0.0878 e. The molecule has 5 heteroatoms. The minimum atomic E-state index is -0.177. The van der Waals surface area contributed by atoms with Gasteiger partial charge in [0, 0.05) is 48.6 Å². The zero-order chi connectivity index (χ0) is 22.5. The number of anilines is 1. The van der Waals surface area contributed by atoms with Gasteiger partial charge in [-0.2, -0.15) is 0 Å². The van der Waals surface area contributed by atoms with Crippen molar-refractivity contribution in [3.8, 4) is 0 Å². The van der Waals surface area contributed by atoms with Gasteiger partial charge in [-0.3, -0.25) is 4.98 Å². The van der Waals surface area contributed by atoms with Gasteiger partial charge in [-0.15, -0.1) is 0 Å². The molecule has 0 bridgehead atoms. The number of pyridine rings is 1. The predicted octanol–water partition coefficient (Wildman–Crippen LogP) is 5.06. The molecule has 32 heavy (non-hydrogen) atoms. The van der Waals surface area contributed by atoms with E-state index >= 15 is 0 Å². The molecular formula is C27H31N3O2. The molecule has 2 aromatic carbocycles. The lowest BCUT2D eigenvalue weighted by Crippen LogP contribution is -2.35. The number of aliphatic hydroxyl groups excluding tert-OH is 1. The lowest BCUT2D eigenvalue weighted by Gasteiger charge is -2.31. The average Bonchev–Trinajstić information content (AvgIpc) is 2.81. The highest BCUT2D eigenvalue weighted by Crippen LogP contribution is 2.33. The van der Waals surface area contributed by atoms with E-state index in [-0.39, 0.29) is 12.0 Å². The first-order chi connectivity index (χ1) is 15.5. The summed E-state index contributed by atoms with van der Waals surface area (Å²) < 4.78 is 0. The minimum absolute atomic E-state index is 0.0628. The predicted molar refractivity (Wildman–Crippen MR) is 129 cm³/mol. The third-order valence-electron chi connectivity index (χ3n) is 6.44. The van der Waals surface area contributed by atoms with Crippen molar-refractivity contribution in [2.45, 2.75) is 45.1 Å². The minimum Gasteiger partial charge on any atom is -0.411 e. The third kappa shape index (κ3) is 5.00. The first-order valence-corrected chi connectivity index (χ1v) is 11.3. The number of nitrogens with zero attached hydrogens (tertiary/aromatic N) is 3. The van der Waals surface area contributed by atoms with Crippen LogP contribution in [0.5, 0.6) is 0 Å². The summed E-state index contributed by atoms with van der Waals surface area (Å²) in [5, 5.41) is 23.3. The fraction of sp³-hybridized carbons (Fsp3) is 0.333. The molecule has 2 N–H and O–H groups in total. The summed E-state index contributed by atoms with van der Waals surface area (Å²) in [6.45, 7) is 5.83. The van der Waals surface area contributed by atoms with Crippen LogP contribution < -0.4 is 4.90 Å². The molecule has 3 aromatic rings. The molecule has 1 unspecified atom stereocenters. The standard InChI is InChI=1S/C27H31N3O2/c1-19-5-3-4-6-25(19)26(18-27(29-32)22-11-14-28-20(2)17-22)21-7-9-23(10-8-21)30-15-12-24(31)13-16-30/h3-11,14,17,24,26,31-32H,12-13,15-16,18H2,1-2H3. The first kappa shape index (κ1) is 22.0. The van der Waals surface area contributed by atoms with E-state index in [1.807, 2.05) is 19.1 Å². The van der Waals surface area contributed by atoms with Gasteiger partial charge in [0.1, 0.15) is 0 Å². The Morgan fingerprint density at radius 1 is 1.06 bits per heavy atom. The third-order valence-corrected chi connectivity index (χ3v) is 6.44. The molecule has 1 atom stereocenters. The van der Waals surface area contributed by atoms with Crippen molar-refractivity contribution < 1.29 is 10.3 Å². The van der Waals surface area contributed by atoms with Gasteiger partial charge in [-0.25, -0.2) is 0 Å². The fourth-order valence-corrected chi connectivity index (χ4v) is 4.56. The van der Waals surface area contributed by atoms with Crippen molar-refractivity contribution in [1.82, 2.24) is 4.98 Å². The van der Waals surface area contributed by atoms with Gasteiger partial charge in [0.25, 0.3) is 0 Å². The molecule has 1 aliphatic heterocycles. The summed E-state index contributed by atoms with van der Waals surface area (Å²) >= 11 is 0. The quantitative estimate of drug-likeness (QED) is 0.326. The van der Waals surface area contributed by atoms with Crippen LogP contribution in [0.25, 0.3) is 0 Å². The number of oxime groups is 1. The Labute approximate surface area is 190 Å². The second-order valence-electron chi connectivity index (χ2n) is 8.66. The van der Waals surface area contributed by atoms with E-state index in [9.17, 15) is 10.3 Å². The highest BCUT2D eigenvalue weighted by Gasteiger charge is 2.22. The molecule has 1 saturated heterocycles. The SMILES string of the molecule is Cc1cc(C(CC(c2ccc(N3CCC(O)CC3)cc2)c2ccccc2C)=NO)ccn1. The van der Waals surface area contributed by atoms with Gasteiger partial charge in [0.05, 0.1) is 11.8 Å². The zero-order valence-corrected chi connectivity index (χ0v) is 18.8. The van der Waals surface area contributed by atoms with Gasteiger partial charge in [0.2, 0.25) is 0 Å². The van der Waals surface area contributed by atoms with Gasteiger partial charge in [-0.05, 0) is 67.6 Å². The molecule has 0 saturated carbocycles. The van der Waals surface area contributed by atoms with E-state index < -0.39 is 0 Å². The number of aromatic nitrogens is 1. The Morgan fingerprint density at radius 2 is 1.78 bits per heavy atom. The molecule has 0 aliphatic carbocycles. The number of piperidine rings is 1. The summed E-state index contributed by atoms with van der Waals surface area (Å²) in [6.07, 6.45) is 3.79. The van der Waals surface area contributed by atoms with Gasteiger partial charge in [0.15, 0.2) is 0 Å². The molecule has 0 radical (unpaired) electrons. The van der Waals surface area contributed by atoms with Crippen LogP contribution in [0.15, 0.2) is 72.0 Å². The molecule has 1 aromatic heterocycles. The van der Waals surface area contributed by atoms with Crippen LogP contribution >= 0.6 is 0 Å². The number of rotatable bonds is 6. The van der Waals surface area contributed by atoms with Crippen LogP contribution in [-0.4, -0.2) is 40.2 Å². The number of hydrogen-bond acceptors (Lipinski definition) is 5. The van der Waals surface area contributed by atoms with Crippen molar-refractivity contribution in [2.24, 2.45) is 5.16 Å². The van der Waals surface area contributed by atoms with E-state index in [1.165, 1.54) is 22.4 Å². The zero-order valence-electron chi connectivity index (χ0n) is 18.8. The topological polar surface area (TPSA) is 69.0 Å². The van der Waals surface area contributed by atoms with Crippen LogP contribution in [-0.2, 0) is 0 Å². The highest BCUT2D eigenvalue weighted by molar-refractivity contribution is 6.01. The monoisotopic (exact) mass is 429 g/mol. The Kier molecular flexibility index (Phi) is 6.86.